The van der Waals surface area contributed by atoms with Crippen LogP contribution in [0.25, 0.3) is 0 Å². The minimum absolute atomic E-state index is 0.384. The fourth-order valence-electron chi connectivity index (χ4n) is 1.72. The smallest absolute Gasteiger partial charge is 0.136 e. The minimum Gasteiger partial charge on any atom is -0.371 e. The van der Waals surface area contributed by atoms with Crippen molar-refractivity contribution in [3.63, 3.8) is 0 Å². The van der Waals surface area contributed by atoms with Gasteiger partial charge >= 0.3 is 0 Å². The summed E-state index contributed by atoms with van der Waals surface area (Å²) in [5.41, 5.74) is 2.23. The van der Waals surface area contributed by atoms with E-state index < -0.39 is 0 Å². The SMILES string of the molecule is [CH2]c1ccc(N2CCC(=O)CC2)cc1. The van der Waals surface area contributed by atoms with E-state index in [-0.39, 0.29) is 0 Å². The van der Waals surface area contributed by atoms with Gasteiger partial charge in [-0.15, -0.1) is 0 Å². The first-order valence-electron chi connectivity index (χ1n) is 4.94. The summed E-state index contributed by atoms with van der Waals surface area (Å²) in [6.45, 7) is 5.56. The van der Waals surface area contributed by atoms with Crippen molar-refractivity contribution in [2.45, 2.75) is 12.8 Å². The fraction of sp³-hybridized carbons (Fsp3) is 0.333. The Hall–Kier alpha value is -1.31. The van der Waals surface area contributed by atoms with Crippen molar-refractivity contribution in [1.82, 2.24) is 0 Å². The van der Waals surface area contributed by atoms with E-state index in [0.29, 0.717) is 18.6 Å². The maximum atomic E-state index is 11.1. The maximum Gasteiger partial charge on any atom is 0.136 e. The molecule has 0 spiro atoms. The van der Waals surface area contributed by atoms with Crippen molar-refractivity contribution in [2.75, 3.05) is 18.0 Å². The zero-order valence-electron chi connectivity index (χ0n) is 8.20. The molecule has 1 fully saturated rings. The van der Waals surface area contributed by atoms with Crippen LogP contribution in [0.1, 0.15) is 18.4 Å². The third-order valence-electron chi connectivity index (χ3n) is 2.62. The molecular weight excluding hydrogens is 174 g/mol. The Morgan fingerprint density at radius 1 is 1.07 bits per heavy atom. The largest absolute Gasteiger partial charge is 0.371 e. The number of benzene rings is 1. The second-order valence-electron chi connectivity index (χ2n) is 3.69. The summed E-state index contributed by atoms with van der Waals surface area (Å²) < 4.78 is 0. The van der Waals surface area contributed by atoms with Crippen LogP contribution >= 0.6 is 0 Å². The molecule has 2 heteroatoms. The van der Waals surface area contributed by atoms with E-state index in [4.69, 9.17) is 0 Å². The van der Waals surface area contributed by atoms with Crippen LogP contribution in [0, 0.1) is 6.92 Å². The fourth-order valence-corrected chi connectivity index (χ4v) is 1.72. The van der Waals surface area contributed by atoms with Crippen LogP contribution < -0.4 is 4.90 Å². The summed E-state index contributed by atoms with van der Waals surface area (Å²) in [7, 11) is 0. The molecule has 0 atom stereocenters. The topological polar surface area (TPSA) is 20.3 Å². The van der Waals surface area contributed by atoms with Crippen molar-refractivity contribution >= 4 is 11.5 Å². The molecule has 73 valence electrons. The molecule has 0 N–H and O–H groups in total. The molecule has 0 aromatic heterocycles. The van der Waals surface area contributed by atoms with E-state index in [9.17, 15) is 4.79 Å². The lowest BCUT2D eigenvalue weighted by atomic mass is 10.1. The first-order valence-corrected chi connectivity index (χ1v) is 4.94. The molecule has 1 heterocycles. The Kier molecular flexibility index (Phi) is 2.53. The van der Waals surface area contributed by atoms with Gasteiger partial charge in [-0.05, 0) is 24.6 Å². The predicted octanol–water partition coefficient (Wildman–Crippen LogP) is 2.04. The van der Waals surface area contributed by atoms with Crippen molar-refractivity contribution < 1.29 is 4.79 Å². The first-order chi connectivity index (χ1) is 6.75. The van der Waals surface area contributed by atoms with Crippen LogP contribution in [0.3, 0.4) is 0 Å². The van der Waals surface area contributed by atoms with Crippen molar-refractivity contribution in [3.8, 4) is 0 Å². The highest BCUT2D eigenvalue weighted by Crippen LogP contribution is 2.18. The molecule has 1 aromatic rings. The normalized spacial score (nSPS) is 17.2. The van der Waals surface area contributed by atoms with Gasteiger partial charge in [0.2, 0.25) is 0 Å². The first kappa shape index (κ1) is 9.25. The van der Waals surface area contributed by atoms with Gasteiger partial charge in [0.25, 0.3) is 0 Å². The maximum absolute atomic E-state index is 11.1. The summed E-state index contributed by atoms with van der Waals surface area (Å²) in [5.74, 6) is 0.384. The van der Waals surface area contributed by atoms with E-state index in [1.165, 1.54) is 5.69 Å². The highest BCUT2D eigenvalue weighted by atomic mass is 16.1. The van der Waals surface area contributed by atoms with E-state index in [0.717, 1.165) is 18.7 Å². The van der Waals surface area contributed by atoms with Gasteiger partial charge in [0.05, 0.1) is 0 Å². The molecule has 0 amide bonds. The highest BCUT2D eigenvalue weighted by molar-refractivity contribution is 5.81. The molecule has 1 radical (unpaired) electrons. The second-order valence-corrected chi connectivity index (χ2v) is 3.69. The third-order valence-corrected chi connectivity index (χ3v) is 2.62. The molecule has 14 heavy (non-hydrogen) atoms. The van der Waals surface area contributed by atoms with Crippen molar-refractivity contribution in [3.05, 3.63) is 36.8 Å². The number of carbonyl (C=O) groups excluding carboxylic acids is 1. The van der Waals surface area contributed by atoms with Gasteiger partial charge in [-0.25, -0.2) is 0 Å². The monoisotopic (exact) mass is 188 g/mol. The zero-order valence-corrected chi connectivity index (χ0v) is 8.20. The summed E-state index contributed by atoms with van der Waals surface area (Å²) in [4.78, 5) is 13.3. The minimum atomic E-state index is 0.384. The number of nitrogens with zero attached hydrogens (tertiary/aromatic N) is 1. The number of hydrogen-bond acceptors (Lipinski definition) is 2. The van der Waals surface area contributed by atoms with Gasteiger partial charge in [0.1, 0.15) is 5.78 Å². The Balaban J connectivity index is 2.08. The number of carbonyl (C=O) groups is 1. The van der Waals surface area contributed by atoms with Gasteiger partial charge in [0, 0.05) is 31.6 Å². The van der Waals surface area contributed by atoms with Crippen molar-refractivity contribution in [2.24, 2.45) is 0 Å². The molecule has 1 saturated heterocycles. The van der Waals surface area contributed by atoms with E-state index in [2.05, 4.69) is 24.0 Å². The molecular formula is C12H14NO. The van der Waals surface area contributed by atoms with Crippen molar-refractivity contribution in [1.29, 1.82) is 0 Å². The molecule has 2 nitrogen and oxygen atoms in total. The number of piperidine rings is 1. The zero-order chi connectivity index (χ0) is 9.97. The number of anilines is 1. The molecule has 1 aliphatic rings. The predicted molar refractivity (Wildman–Crippen MR) is 57.4 cm³/mol. The van der Waals surface area contributed by atoms with Crippen LogP contribution in [-0.2, 0) is 4.79 Å². The highest BCUT2D eigenvalue weighted by Gasteiger charge is 2.15. The second kappa shape index (κ2) is 3.82. The van der Waals surface area contributed by atoms with E-state index in [1.807, 2.05) is 12.1 Å². The molecule has 0 saturated carbocycles. The lowest BCUT2D eigenvalue weighted by molar-refractivity contribution is -0.119. The molecule has 0 unspecified atom stereocenters. The van der Waals surface area contributed by atoms with Gasteiger partial charge in [-0.2, -0.15) is 0 Å². The van der Waals surface area contributed by atoms with Crippen LogP contribution in [0.5, 0.6) is 0 Å². The molecule has 2 rings (SSSR count). The van der Waals surface area contributed by atoms with Crippen LogP contribution in [0.15, 0.2) is 24.3 Å². The Bertz CT molecular complexity index is 319. The third kappa shape index (κ3) is 1.95. The molecule has 0 aliphatic carbocycles. The summed E-state index contributed by atoms with van der Waals surface area (Å²) >= 11 is 0. The number of hydrogen-bond donors (Lipinski definition) is 0. The standard InChI is InChI=1S/C12H14NO/c1-10-2-4-11(5-3-10)13-8-6-12(14)7-9-13/h2-5H,1,6-9H2. The van der Waals surface area contributed by atoms with Gasteiger partial charge in [-0.3, -0.25) is 4.79 Å². The van der Waals surface area contributed by atoms with Crippen LogP contribution in [0.4, 0.5) is 5.69 Å². The van der Waals surface area contributed by atoms with Crippen LogP contribution in [0.2, 0.25) is 0 Å². The van der Waals surface area contributed by atoms with Gasteiger partial charge < -0.3 is 4.90 Å². The average molecular weight is 188 g/mol. The number of Topliss-reactive ketones (excluding diaryl/α,β-unsaturated/α-hetero) is 1. The van der Waals surface area contributed by atoms with Gasteiger partial charge in [-0.1, -0.05) is 12.1 Å². The Morgan fingerprint density at radius 3 is 2.21 bits per heavy atom. The molecule has 1 aliphatic heterocycles. The van der Waals surface area contributed by atoms with Crippen LogP contribution in [-0.4, -0.2) is 18.9 Å². The van der Waals surface area contributed by atoms with Gasteiger partial charge in [0.15, 0.2) is 0 Å². The Labute approximate surface area is 84.5 Å². The molecule has 0 bridgehead atoms. The summed E-state index contributed by atoms with van der Waals surface area (Å²) in [6.07, 6.45) is 1.37. The van der Waals surface area contributed by atoms with E-state index in [1.54, 1.807) is 0 Å². The number of ketones is 1. The summed E-state index contributed by atoms with van der Waals surface area (Å²) in [6, 6.07) is 8.15. The lowest BCUT2D eigenvalue weighted by Crippen LogP contribution is -2.33. The average Bonchev–Trinajstić information content (AvgIpc) is 2.21. The Morgan fingerprint density at radius 2 is 1.64 bits per heavy atom. The lowest BCUT2D eigenvalue weighted by Gasteiger charge is -2.28. The number of rotatable bonds is 1. The quantitative estimate of drug-likeness (QED) is 0.672. The van der Waals surface area contributed by atoms with E-state index >= 15 is 0 Å². The summed E-state index contributed by atoms with van der Waals surface area (Å²) in [5, 5.41) is 0. The molecule has 1 aromatic carbocycles.